The van der Waals surface area contributed by atoms with Gasteiger partial charge in [-0.3, -0.25) is 4.79 Å². The number of benzene rings is 1. The third-order valence-electron chi connectivity index (χ3n) is 4.90. The summed E-state index contributed by atoms with van der Waals surface area (Å²) in [5.41, 5.74) is 1.70. The van der Waals surface area contributed by atoms with Crippen LogP contribution in [0.15, 0.2) is 35.6 Å². The van der Waals surface area contributed by atoms with Gasteiger partial charge in [-0.05, 0) is 38.0 Å². The summed E-state index contributed by atoms with van der Waals surface area (Å²) in [4.78, 5) is 21.8. The zero-order valence-electron chi connectivity index (χ0n) is 20.2. The topological polar surface area (TPSA) is 103 Å². The average molecular weight is 487 g/mol. The zero-order valence-corrected chi connectivity index (χ0v) is 21.0. The molecule has 3 aromatic rings. The molecule has 0 aliphatic heterocycles. The van der Waals surface area contributed by atoms with Crippen LogP contribution in [0, 0.1) is 0 Å². The number of hydrogen-bond acceptors (Lipinski definition) is 8. The molecule has 2 aromatic heterocycles. The quantitative estimate of drug-likeness (QED) is 0.191. The molecule has 0 unspecified atom stereocenters. The smallest absolute Gasteiger partial charge is 0.224 e. The van der Waals surface area contributed by atoms with Gasteiger partial charge in [0.2, 0.25) is 5.91 Å². The first-order valence-corrected chi connectivity index (χ1v) is 12.8. The summed E-state index contributed by atoms with van der Waals surface area (Å²) < 4.78 is 12.7. The van der Waals surface area contributed by atoms with Crippen molar-refractivity contribution < 1.29 is 14.3 Å². The number of thioether (sulfide) groups is 1. The summed E-state index contributed by atoms with van der Waals surface area (Å²) in [7, 11) is 0. The number of anilines is 1. The molecule has 1 amide bonds. The first-order valence-electron chi connectivity index (χ1n) is 11.8. The molecule has 10 heteroatoms. The molecule has 9 nitrogen and oxygen atoms in total. The Morgan fingerprint density at radius 1 is 1.09 bits per heavy atom. The Balaban J connectivity index is 1.61. The minimum absolute atomic E-state index is 0.0345. The highest BCUT2D eigenvalue weighted by Gasteiger charge is 2.13. The molecule has 2 heterocycles. The molecule has 1 aromatic carbocycles. The van der Waals surface area contributed by atoms with E-state index in [9.17, 15) is 4.79 Å². The fourth-order valence-corrected chi connectivity index (χ4v) is 3.99. The van der Waals surface area contributed by atoms with E-state index in [0.29, 0.717) is 45.9 Å². The zero-order chi connectivity index (χ0) is 24.2. The largest absolute Gasteiger partial charge is 0.494 e. The number of rotatable bonds is 15. The van der Waals surface area contributed by atoms with Crippen molar-refractivity contribution in [1.29, 1.82) is 0 Å². The van der Waals surface area contributed by atoms with Gasteiger partial charge >= 0.3 is 0 Å². The lowest BCUT2D eigenvalue weighted by molar-refractivity contribution is -0.120. The Kier molecular flexibility index (Phi) is 10.4. The van der Waals surface area contributed by atoms with Crippen LogP contribution in [0.2, 0.25) is 0 Å². The van der Waals surface area contributed by atoms with Gasteiger partial charge in [-0.1, -0.05) is 30.8 Å². The van der Waals surface area contributed by atoms with E-state index in [1.807, 2.05) is 42.8 Å². The van der Waals surface area contributed by atoms with E-state index in [2.05, 4.69) is 27.6 Å². The number of nitrogens with zero attached hydrogens (tertiary/aromatic N) is 4. The number of aromatic nitrogens is 4. The van der Waals surface area contributed by atoms with Crippen LogP contribution in [0.1, 0.15) is 32.8 Å². The summed E-state index contributed by atoms with van der Waals surface area (Å²) in [6, 6.07) is 7.60. The molecular weight excluding hydrogens is 452 g/mol. The van der Waals surface area contributed by atoms with Crippen molar-refractivity contribution in [1.82, 2.24) is 25.1 Å². The van der Waals surface area contributed by atoms with Crippen molar-refractivity contribution in [3.63, 3.8) is 0 Å². The Morgan fingerprint density at radius 3 is 2.65 bits per heavy atom. The number of ether oxygens (including phenoxy) is 2. The number of nitrogens with one attached hydrogen (secondary N) is 2. The van der Waals surface area contributed by atoms with Crippen molar-refractivity contribution in [3.05, 3.63) is 36.0 Å². The molecule has 0 spiro atoms. The van der Waals surface area contributed by atoms with Gasteiger partial charge in [-0.15, -0.1) is 0 Å². The Bertz CT molecular complexity index is 1040. The Labute approximate surface area is 205 Å². The van der Waals surface area contributed by atoms with Gasteiger partial charge in [-0.2, -0.15) is 5.10 Å². The fourth-order valence-electron chi connectivity index (χ4n) is 3.30. The van der Waals surface area contributed by atoms with Crippen LogP contribution >= 0.6 is 11.8 Å². The van der Waals surface area contributed by atoms with E-state index >= 15 is 0 Å². The molecule has 0 atom stereocenters. The predicted molar refractivity (Wildman–Crippen MR) is 136 cm³/mol. The molecule has 0 saturated heterocycles. The van der Waals surface area contributed by atoms with E-state index in [-0.39, 0.29) is 5.91 Å². The highest BCUT2D eigenvalue weighted by molar-refractivity contribution is 7.99. The lowest BCUT2D eigenvalue weighted by Gasteiger charge is -2.10. The molecule has 2 N–H and O–H groups in total. The predicted octanol–water partition coefficient (Wildman–Crippen LogP) is 3.53. The van der Waals surface area contributed by atoms with E-state index < -0.39 is 0 Å². The SMILES string of the molecule is CCCSc1nc(NCCOCC)c2cnn(CCNC(=O)Cc3ccc(OCC)cc3)c2n1. The maximum absolute atomic E-state index is 12.4. The second kappa shape index (κ2) is 13.8. The molecular formula is C24H34N6O3S. The Morgan fingerprint density at radius 2 is 1.91 bits per heavy atom. The van der Waals surface area contributed by atoms with Crippen LogP contribution in [0.25, 0.3) is 11.0 Å². The maximum atomic E-state index is 12.4. The normalized spacial score (nSPS) is 11.0. The number of carbonyl (C=O) groups is 1. The number of hydrogen-bond donors (Lipinski definition) is 2. The third kappa shape index (κ3) is 7.59. The minimum Gasteiger partial charge on any atom is -0.494 e. The molecule has 3 rings (SSSR count). The summed E-state index contributed by atoms with van der Waals surface area (Å²) >= 11 is 1.63. The molecule has 184 valence electrons. The Hall–Kier alpha value is -2.85. The van der Waals surface area contributed by atoms with Crippen LogP contribution in [0.5, 0.6) is 5.75 Å². The molecule has 0 fully saturated rings. The van der Waals surface area contributed by atoms with Crippen LogP contribution in [-0.4, -0.2) is 64.3 Å². The number of fused-ring (bicyclic) bond motifs is 1. The second-order valence-electron chi connectivity index (χ2n) is 7.54. The summed E-state index contributed by atoms with van der Waals surface area (Å²) in [6.45, 7) is 9.60. The van der Waals surface area contributed by atoms with Crippen molar-refractivity contribution in [3.8, 4) is 5.75 Å². The molecule has 0 bridgehead atoms. The van der Waals surface area contributed by atoms with Gasteiger partial charge in [0.15, 0.2) is 10.8 Å². The average Bonchev–Trinajstić information content (AvgIpc) is 3.25. The lowest BCUT2D eigenvalue weighted by atomic mass is 10.1. The summed E-state index contributed by atoms with van der Waals surface area (Å²) in [5, 5.41) is 12.4. The van der Waals surface area contributed by atoms with E-state index in [0.717, 1.165) is 45.5 Å². The van der Waals surface area contributed by atoms with Crippen LogP contribution in [0.3, 0.4) is 0 Å². The standard InChI is InChI=1S/C24H34N6O3S/c1-4-15-34-24-28-22(26-12-14-32-5-2)20-17-27-30(23(20)29-24)13-11-25-21(31)16-18-7-9-19(10-8-18)33-6-3/h7-10,17H,4-6,11-16H2,1-3H3,(H,25,31)(H,26,28,29). The van der Waals surface area contributed by atoms with E-state index in [1.165, 1.54) is 0 Å². The number of amides is 1. The summed E-state index contributed by atoms with van der Waals surface area (Å²) in [5.74, 6) is 2.48. The highest BCUT2D eigenvalue weighted by atomic mass is 32.2. The number of carbonyl (C=O) groups excluding carboxylic acids is 1. The first kappa shape index (κ1) is 25.8. The van der Waals surface area contributed by atoms with Crippen LogP contribution in [-0.2, 0) is 22.5 Å². The van der Waals surface area contributed by atoms with E-state index in [4.69, 9.17) is 14.5 Å². The second-order valence-corrected chi connectivity index (χ2v) is 8.60. The van der Waals surface area contributed by atoms with Crippen molar-refractivity contribution in [2.75, 3.05) is 44.0 Å². The third-order valence-corrected chi connectivity index (χ3v) is 5.95. The van der Waals surface area contributed by atoms with Gasteiger partial charge < -0.3 is 20.1 Å². The molecule has 0 aliphatic carbocycles. The summed E-state index contributed by atoms with van der Waals surface area (Å²) in [6.07, 6.45) is 3.13. The molecule has 34 heavy (non-hydrogen) atoms. The van der Waals surface area contributed by atoms with Gasteiger partial charge in [0.05, 0.1) is 37.8 Å². The van der Waals surface area contributed by atoms with Gasteiger partial charge in [-0.25, -0.2) is 14.6 Å². The minimum atomic E-state index is -0.0345. The van der Waals surface area contributed by atoms with Crippen molar-refractivity contribution in [2.45, 2.75) is 45.3 Å². The molecule has 0 saturated carbocycles. The highest BCUT2D eigenvalue weighted by Crippen LogP contribution is 2.24. The fraction of sp³-hybridized carbons (Fsp3) is 0.500. The first-order chi connectivity index (χ1) is 16.6. The maximum Gasteiger partial charge on any atom is 0.224 e. The van der Waals surface area contributed by atoms with Crippen molar-refractivity contribution >= 4 is 34.5 Å². The van der Waals surface area contributed by atoms with Crippen molar-refractivity contribution in [2.24, 2.45) is 0 Å². The van der Waals surface area contributed by atoms with Crippen LogP contribution in [0.4, 0.5) is 5.82 Å². The van der Waals surface area contributed by atoms with Gasteiger partial charge in [0.25, 0.3) is 0 Å². The molecule has 0 radical (unpaired) electrons. The van der Waals surface area contributed by atoms with Gasteiger partial charge in [0, 0.05) is 25.4 Å². The van der Waals surface area contributed by atoms with E-state index in [1.54, 1.807) is 18.0 Å². The lowest BCUT2D eigenvalue weighted by Crippen LogP contribution is -2.28. The monoisotopic (exact) mass is 486 g/mol. The van der Waals surface area contributed by atoms with Gasteiger partial charge in [0.1, 0.15) is 11.6 Å². The molecule has 0 aliphatic rings. The van der Waals surface area contributed by atoms with Crippen LogP contribution < -0.4 is 15.4 Å².